The van der Waals surface area contributed by atoms with E-state index in [1.54, 1.807) is 0 Å². The first-order valence-corrected chi connectivity index (χ1v) is 6.71. The molecule has 1 atom stereocenters. The molecule has 1 unspecified atom stereocenters. The summed E-state index contributed by atoms with van der Waals surface area (Å²) < 4.78 is 6.84. The van der Waals surface area contributed by atoms with Gasteiger partial charge in [0.1, 0.15) is 17.4 Å². The fourth-order valence-electron chi connectivity index (χ4n) is 2.08. The predicted octanol–water partition coefficient (Wildman–Crippen LogP) is 4.65. The quantitative estimate of drug-likeness (QED) is 0.895. The topological polar surface area (TPSA) is 33.4 Å². The second-order valence-corrected chi connectivity index (χ2v) is 5.29. The van der Waals surface area contributed by atoms with E-state index < -0.39 is 6.10 Å². The average molecular weight is 297 g/mol. The maximum atomic E-state index is 9.95. The zero-order chi connectivity index (χ0) is 12.6. The maximum Gasteiger partial charge on any atom is 0.135 e. The molecule has 0 saturated carbocycles. The first-order valence-electron chi connectivity index (χ1n) is 5.91. The molecule has 17 heavy (non-hydrogen) atoms. The molecular formula is C14H17BrO2. The number of aryl methyl sites for hydroxylation is 2. The fraction of sp³-hybridized carbons (Fsp3) is 0.429. The Bertz CT molecular complexity index is 543. The van der Waals surface area contributed by atoms with Crippen LogP contribution in [0.2, 0.25) is 0 Å². The second-order valence-electron chi connectivity index (χ2n) is 4.50. The Balaban J connectivity index is 2.54. The molecule has 2 aromatic rings. The van der Waals surface area contributed by atoms with Gasteiger partial charge in [0, 0.05) is 9.86 Å². The third-order valence-corrected chi connectivity index (χ3v) is 4.32. The minimum Gasteiger partial charge on any atom is -0.458 e. The standard InChI is InChI=1S/C14H17BrO2/c1-4-5-11(16)13-7-10-9(3)14(15)8(2)6-12(10)17-13/h6-7,11,16H,4-5H2,1-3H3. The smallest absolute Gasteiger partial charge is 0.135 e. The molecule has 1 N–H and O–H groups in total. The van der Waals surface area contributed by atoms with E-state index in [1.807, 2.05) is 19.1 Å². The number of hydrogen-bond acceptors (Lipinski definition) is 2. The molecule has 0 amide bonds. The number of fused-ring (bicyclic) bond motifs is 1. The lowest BCUT2D eigenvalue weighted by Gasteiger charge is -2.03. The molecule has 2 nitrogen and oxygen atoms in total. The van der Waals surface area contributed by atoms with Crippen molar-refractivity contribution in [2.24, 2.45) is 0 Å². The van der Waals surface area contributed by atoms with Gasteiger partial charge in [0.05, 0.1) is 0 Å². The van der Waals surface area contributed by atoms with Gasteiger partial charge in [-0.15, -0.1) is 0 Å². The van der Waals surface area contributed by atoms with E-state index >= 15 is 0 Å². The molecule has 0 aliphatic rings. The Morgan fingerprint density at radius 3 is 2.71 bits per heavy atom. The van der Waals surface area contributed by atoms with Crippen LogP contribution in [-0.2, 0) is 0 Å². The van der Waals surface area contributed by atoms with Crippen LogP contribution < -0.4 is 0 Å². The summed E-state index contributed by atoms with van der Waals surface area (Å²) in [6, 6.07) is 3.96. The van der Waals surface area contributed by atoms with Crippen LogP contribution in [0.4, 0.5) is 0 Å². The largest absolute Gasteiger partial charge is 0.458 e. The number of halogens is 1. The highest BCUT2D eigenvalue weighted by Crippen LogP contribution is 2.33. The zero-order valence-corrected chi connectivity index (χ0v) is 12.0. The summed E-state index contributed by atoms with van der Waals surface area (Å²) in [5.74, 6) is 0.669. The van der Waals surface area contributed by atoms with Crippen LogP contribution in [0.15, 0.2) is 21.0 Å². The van der Waals surface area contributed by atoms with Gasteiger partial charge in [-0.05, 0) is 43.5 Å². The van der Waals surface area contributed by atoms with Crippen molar-refractivity contribution in [1.29, 1.82) is 0 Å². The van der Waals surface area contributed by atoms with Gasteiger partial charge >= 0.3 is 0 Å². The van der Waals surface area contributed by atoms with Gasteiger partial charge in [0.2, 0.25) is 0 Å². The molecule has 1 heterocycles. The highest BCUT2D eigenvalue weighted by atomic mass is 79.9. The van der Waals surface area contributed by atoms with Crippen LogP contribution in [0.1, 0.15) is 42.8 Å². The summed E-state index contributed by atoms with van der Waals surface area (Å²) in [5.41, 5.74) is 3.17. The normalized spacial score (nSPS) is 13.2. The molecule has 0 aliphatic carbocycles. The Kier molecular flexibility index (Phi) is 3.59. The minimum atomic E-state index is -0.495. The van der Waals surface area contributed by atoms with Gasteiger partial charge in [-0.3, -0.25) is 0 Å². The zero-order valence-electron chi connectivity index (χ0n) is 10.4. The Morgan fingerprint density at radius 1 is 1.35 bits per heavy atom. The van der Waals surface area contributed by atoms with Crippen LogP contribution in [0, 0.1) is 13.8 Å². The van der Waals surface area contributed by atoms with Crippen molar-refractivity contribution in [2.45, 2.75) is 39.7 Å². The Hall–Kier alpha value is -0.800. The number of furan rings is 1. The molecule has 0 spiro atoms. The number of benzene rings is 1. The first-order chi connectivity index (χ1) is 8.04. The van der Waals surface area contributed by atoms with E-state index in [0.29, 0.717) is 5.76 Å². The predicted molar refractivity (Wildman–Crippen MR) is 73.3 cm³/mol. The van der Waals surface area contributed by atoms with Crippen LogP contribution in [0.5, 0.6) is 0 Å². The monoisotopic (exact) mass is 296 g/mol. The third kappa shape index (κ3) is 2.26. The molecule has 92 valence electrons. The number of hydrogen-bond donors (Lipinski definition) is 1. The van der Waals surface area contributed by atoms with Gasteiger partial charge in [-0.25, -0.2) is 0 Å². The van der Waals surface area contributed by atoms with Gasteiger partial charge in [0.15, 0.2) is 0 Å². The summed E-state index contributed by atoms with van der Waals surface area (Å²) in [4.78, 5) is 0. The number of aliphatic hydroxyl groups is 1. The highest BCUT2D eigenvalue weighted by Gasteiger charge is 2.15. The lowest BCUT2D eigenvalue weighted by atomic mass is 10.1. The van der Waals surface area contributed by atoms with Crippen LogP contribution in [0.25, 0.3) is 11.0 Å². The van der Waals surface area contributed by atoms with Crippen molar-refractivity contribution in [3.05, 3.63) is 33.5 Å². The highest BCUT2D eigenvalue weighted by molar-refractivity contribution is 9.10. The van der Waals surface area contributed by atoms with Crippen LogP contribution >= 0.6 is 15.9 Å². The number of aliphatic hydroxyl groups excluding tert-OH is 1. The van der Waals surface area contributed by atoms with Crippen molar-refractivity contribution in [3.63, 3.8) is 0 Å². The number of rotatable bonds is 3. The summed E-state index contributed by atoms with van der Waals surface area (Å²) in [7, 11) is 0. The van der Waals surface area contributed by atoms with E-state index in [0.717, 1.165) is 33.8 Å². The van der Waals surface area contributed by atoms with Gasteiger partial charge in [-0.1, -0.05) is 29.3 Å². The average Bonchev–Trinajstić information content (AvgIpc) is 2.70. The lowest BCUT2D eigenvalue weighted by molar-refractivity contribution is 0.141. The van der Waals surface area contributed by atoms with Gasteiger partial charge < -0.3 is 9.52 Å². The summed E-state index contributed by atoms with van der Waals surface area (Å²) in [5, 5.41) is 11.0. The van der Waals surface area contributed by atoms with Crippen molar-refractivity contribution in [2.75, 3.05) is 0 Å². The summed E-state index contributed by atoms with van der Waals surface area (Å²) in [6.07, 6.45) is 1.18. The molecule has 3 heteroatoms. The molecule has 0 bridgehead atoms. The molecule has 0 aliphatic heterocycles. The molecule has 1 aromatic carbocycles. The van der Waals surface area contributed by atoms with E-state index in [9.17, 15) is 5.11 Å². The van der Waals surface area contributed by atoms with Crippen molar-refractivity contribution < 1.29 is 9.52 Å². The van der Waals surface area contributed by atoms with Crippen molar-refractivity contribution in [3.8, 4) is 0 Å². The van der Waals surface area contributed by atoms with Crippen molar-refractivity contribution >= 4 is 26.9 Å². The molecule has 0 fully saturated rings. The summed E-state index contributed by atoms with van der Waals surface area (Å²) >= 11 is 3.57. The maximum absolute atomic E-state index is 9.95. The molecule has 0 radical (unpaired) electrons. The van der Waals surface area contributed by atoms with Crippen LogP contribution in [0.3, 0.4) is 0 Å². The van der Waals surface area contributed by atoms with Crippen LogP contribution in [-0.4, -0.2) is 5.11 Å². The van der Waals surface area contributed by atoms with E-state index in [1.165, 1.54) is 5.56 Å². The fourth-order valence-corrected chi connectivity index (χ4v) is 2.41. The van der Waals surface area contributed by atoms with Crippen molar-refractivity contribution in [1.82, 2.24) is 0 Å². The summed E-state index contributed by atoms with van der Waals surface area (Å²) in [6.45, 7) is 6.16. The van der Waals surface area contributed by atoms with E-state index in [2.05, 4.69) is 29.8 Å². The minimum absolute atomic E-state index is 0.495. The molecular weight excluding hydrogens is 280 g/mol. The molecule has 2 rings (SSSR count). The molecule has 0 saturated heterocycles. The lowest BCUT2D eigenvalue weighted by Crippen LogP contribution is -1.93. The third-order valence-electron chi connectivity index (χ3n) is 3.10. The van der Waals surface area contributed by atoms with Gasteiger partial charge in [0.25, 0.3) is 0 Å². The second kappa shape index (κ2) is 4.83. The van der Waals surface area contributed by atoms with E-state index in [-0.39, 0.29) is 0 Å². The molecule has 1 aromatic heterocycles. The van der Waals surface area contributed by atoms with Gasteiger partial charge in [-0.2, -0.15) is 0 Å². The Labute approximate surface area is 110 Å². The van der Waals surface area contributed by atoms with E-state index in [4.69, 9.17) is 4.42 Å². The SMILES string of the molecule is CCCC(O)c1cc2c(C)c(Br)c(C)cc2o1. The Morgan fingerprint density at radius 2 is 2.06 bits per heavy atom. The first kappa shape index (κ1) is 12.7.